The molecule has 1 unspecified atom stereocenters. The van der Waals surface area contributed by atoms with E-state index in [-0.39, 0.29) is 6.04 Å². The van der Waals surface area contributed by atoms with Gasteiger partial charge in [0, 0.05) is 12.4 Å². The summed E-state index contributed by atoms with van der Waals surface area (Å²) in [6, 6.07) is 10.7. The fourth-order valence-electron chi connectivity index (χ4n) is 2.07. The largest absolute Gasteiger partial charge is 0.309 e. The Balaban J connectivity index is 2.36. The van der Waals surface area contributed by atoms with Crippen molar-refractivity contribution in [2.45, 2.75) is 19.4 Å². The maximum Gasteiger partial charge on any atom is 0.0640 e. The highest BCUT2D eigenvalue weighted by molar-refractivity contribution is 6.31. The molecule has 0 radical (unpaired) electrons. The SMILES string of the molecule is CCc1ccc(C(NC)c2ccncc2Cl)cc1. The van der Waals surface area contributed by atoms with E-state index in [1.54, 1.807) is 12.4 Å². The Kier molecular flexibility index (Phi) is 4.34. The Morgan fingerprint density at radius 3 is 2.50 bits per heavy atom. The van der Waals surface area contributed by atoms with Crippen LogP contribution in [-0.2, 0) is 6.42 Å². The molecule has 1 atom stereocenters. The number of aromatic nitrogens is 1. The lowest BCUT2D eigenvalue weighted by Crippen LogP contribution is -2.18. The van der Waals surface area contributed by atoms with Crippen molar-refractivity contribution >= 4 is 11.6 Å². The van der Waals surface area contributed by atoms with Crippen LogP contribution >= 0.6 is 11.6 Å². The van der Waals surface area contributed by atoms with E-state index < -0.39 is 0 Å². The molecule has 2 nitrogen and oxygen atoms in total. The van der Waals surface area contributed by atoms with Crippen LogP contribution in [0.4, 0.5) is 0 Å². The smallest absolute Gasteiger partial charge is 0.0640 e. The van der Waals surface area contributed by atoms with Gasteiger partial charge in [-0.3, -0.25) is 4.98 Å². The first-order valence-corrected chi connectivity index (χ1v) is 6.49. The Morgan fingerprint density at radius 2 is 1.94 bits per heavy atom. The molecule has 2 rings (SSSR count). The molecule has 0 saturated heterocycles. The van der Waals surface area contributed by atoms with Gasteiger partial charge < -0.3 is 5.32 Å². The predicted octanol–water partition coefficient (Wildman–Crippen LogP) is 3.61. The number of hydrogen-bond donors (Lipinski definition) is 1. The van der Waals surface area contributed by atoms with Crippen LogP contribution in [0.5, 0.6) is 0 Å². The summed E-state index contributed by atoms with van der Waals surface area (Å²) < 4.78 is 0. The molecule has 0 bridgehead atoms. The lowest BCUT2D eigenvalue weighted by atomic mass is 9.98. The number of pyridine rings is 1. The zero-order valence-electron chi connectivity index (χ0n) is 10.7. The van der Waals surface area contributed by atoms with E-state index in [1.807, 2.05) is 13.1 Å². The van der Waals surface area contributed by atoms with E-state index in [4.69, 9.17) is 11.6 Å². The van der Waals surface area contributed by atoms with Gasteiger partial charge in [0.05, 0.1) is 11.1 Å². The van der Waals surface area contributed by atoms with Gasteiger partial charge in [-0.25, -0.2) is 0 Å². The van der Waals surface area contributed by atoms with Gasteiger partial charge in [0.1, 0.15) is 0 Å². The average molecular weight is 261 g/mol. The van der Waals surface area contributed by atoms with Crippen LogP contribution in [0.15, 0.2) is 42.7 Å². The van der Waals surface area contributed by atoms with Gasteiger partial charge in [-0.05, 0) is 36.2 Å². The summed E-state index contributed by atoms with van der Waals surface area (Å²) in [6.45, 7) is 2.16. The monoisotopic (exact) mass is 260 g/mol. The number of hydrogen-bond acceptors (Lipinski definition) is 2. The minimum Gasteiger partial charge on any atom is -0.309 e. The third-order valence-electron chi connectivity index (χ3n) is 3.12. The van der Waals surface area contributed by atoms with E-state index in [0.717, 1.165) is 12.0 Å². The maximum atomic E-state index is 6.20. The minimum atomic E-state index is 0.103. The van der Waals surface area contributed by atoms with E-state index in [9.17, 15) is 0 Å². The van der Waals surface area contributed by atoms with Crippen LogP contribution in [0.2, 0.25) is 5.02 Å². The van der Waals surface area contributed by atoms with Gasteiger partial charge >= 0.3 is 0 Å². The molecule has 0 amide bonds. The first kappa shape index (κ1) is 13.1. The van der Waals surface area contributed by atoms with Crippen LogP contribution in [0.1, 0.15) is 29.7 Å². The topological polar surface area (TPSA) is 24.9 Å². The van der Waals surface area contributed by atoms with Crippen molar-refractivity contribution in [3.8, 4) is 0 Å². The zero-order valence-corrected chi connectivity index (χ0v) is 11.4. The van der Waals surface area contributed by atoms with Crippen molar-refractivity contribution in [3.63, 3.8) is 0 Å². The summed E-state index contributed by atoms with van der Waals surface area (Å²) in [5, 5.41) is 3.99. The third-order valence-corrected chi connectivity index (χ3v) is 3.44. The van der Waals surface area contributed by atoms with Crippen molar-refractivity contribution in [1.29, 1.82) is 0 Å². The molecule has 0 aliphatic carbocycles. The molecule has 0 aliphatic heterocycles. The predicted molar refractivity (Wildman–Crippen MR) is 76.0 cm³/mol. The van der Waals surface area contributed by atoms with Crippen LogP contribution in [0, 0.1) is 0 Å². The van der Waals surface area contributed by atoms with Crippen LogP contribution < -0.4 is 5.32 Å². The molecular weight excluding hydrogens is 244 g/mol. The van der Waals surface area contributed by atoms with Gasteiger partial charge in [0.15, 0.2) is 0 Å². The van der Waals surface area contributed by atoms with Crippen molar-refractivity contribution in [3.05, 3.63) is 64.4 Å². The van der Waals surface area contributed by atoms with Crippen LogP contribution in [0.3, 0.4) is 0 Å². The summed E-state index contributed by atoms with van der Waals surface area (Å²) in [5.74, 6) is 0. The molecule has 2 aromatic rings. The number of aryl methyl sites for hydroxylation is 1. The Bertz CT molecular complexity index is 508. The molecule has 3 heteroatoms. The molecule has 0 saturated carbocycles. The Hall–Kier alpha value is -1.38. The van der Waals surface area contributed by atoms with E-state index >= 15 is 0 Å². The standard InChI is InChI=1S/C15H17ClN2/c1-3-11-4-6-12(7-5-11)15(17-2)13-8-9-18-10-14(13)16/h4-10,15,17H,3H2,1-2H3. The molecule has 94 valence electrons. The highest BCUT2D eigenvalue weighted by atomic mass is 35.5. The number of halogens is 1. The molecule has 0 aliphatic rings. The molecule has 1 aromatic heterocycles. The van der Waals surface area contributed by atoms with Crippen molar-refractivity contribution in [2.24, 2.45) is 0 Å². The molecule has 0 fully saturated rings. The summed E-state index contributed by atoms with van der Waals surface area (Å²) in [4.78, 5) is 4.02. The molecule has 1 heterocycles. The number of benzene rings is 1. The van der Waals surface area contributed by atoms with Crippen molar-refractivity contribution in [2.75, 3.05) is 7.05 Å². The van der Waals surface area contributed by atoms with Crippen molar-refractivity contribution < 1.29 is 0 Å². The van der Waals surface area contributed by atoms with Gasteiger partial charge in [-0.15, -0.1) is 0 Å². The normalized spacial score (nSPS) is 12.4. The molecule has 1 aromatic carbocycles. The van der Waals surface area contributed by atoms with E-state index in [1.165, 1.54) is 11.1 Å². The highest BCUT2D eigenvalue weighted by Gasteiger charge is 2.14. The lowest BCUT2D eigenvalue weighted by molar-refractivity contribution is 0.690. The second kappa shape index (κ2) is 5.98. The third kappa shape index (κ3) is 2.71. The van der Waals surface area contributed by atoms with Crippen LogP contribution in [-0.4, -0.2) is 12.0 Å². The quantitative estimate of drug-likeness (QED) is 0.909. The van der Waals surface area contributed by atoms with Gasteiger partial charge in [-0.1, -0.05) is 42.8 Å². The zero-order chi connectivity index (χ0) is 13.0. The lowest BCUT2D eigenvalue weighted by Gasteiger charge is -2.18. The van der Waals surface area contributed by atoms with E-state index in [2.05, 4.69) is 41.5 Å². The summed E-state index contributed by atoms with van der Waals surface area (Å²) in [6.07, 6.45) is 4.51. The number of nitrogens with one attached hydrogen (secondary N) is 1. The Morgan fingerprint density at radius 1 is 1.22 bits per heavy atom. The first-order chi connectivity index (χ1) is 8.76. The highest BCUT2D eigenvalue weighted by Crippen LogP contribution is 2.27. The molecule has 0 spiro atoms. The van der Waals surface area contributed by atoms with E-state index in [0.29, 0.717) is 5.02 Å². The fourth-order valence-corrected chi connectivity index (χ4v) is 2.30. The van der Waals surface area contributed by atoms with Gasteiger partial charge in [-0.2, -0.15) is 0 Å². The van der Waals surface area contributed by atoms with Gasteiger partial charge in [0.25, 0.3) is 0 Å². The summed E-state index contributed by atoms with van der Waals surface area (Å²) in [7, 11) is 1.94. The summed E-state index contributed by atoms with van der Waals surface area (Å²) in [5.41, 5.74) is 3.61. The fraction of sp³-hybridized carbons (Fsp3) is 0.267. The van der Waals surface area contributed by atoms with Crippen LogP contribution in [0.25, 0.3) is 0 Å². The average Bonchev–Trinajstić information content (AvgIpc) is 2.42. The maximum absolute atomic E-state index is 6.20. The molecule has 18 heavy (non-hydrogen) atoms. The Labute approximate surface area is 113 Å². The number of rotatable bonds is 4. The second-order valence-electron chi connectivity index (χ2n) is 4.21. The number of nitrogens with zero attached hydrogens (tertiary/aromatic N) is 1. The van der Waals surface area contributed by atoms with Crippen molar-refractivity contribution in [1.82, 2.24) is 10.3 Å². The summed E-state index contributed by atoms with van der Waals surface area (Å²) >= 11 is 6.20. The molecule has 1 N–H and O–H groups in total. The first-order valence-electron chi connectivity index (χ1n) is 6.11. The second-order valence-corrected chi connectivity index (χ2v) is 4.62. The van der Waals surface area contributed by atoms with Gasteiger partial charge in [0.2, 0.25) is 0 Å². The minimum absolute atomic E-state index is 0.103. The molecular formula is C15H17ClN2.